The van der Waals surface area contributed by atoms with Gasteiger partial charge in [-0.15, -0.1) is 0 Å². The van der Waals surface area contributed by atoms with Crippen molar-refractivity contribution in [1.29, 1.82) is 5.26 Å². The molecule has 3 aromatic rings. The number of ketones is 1. The lowest BCUT2D eigenvalue weighted by molar-refractivity contribution is -0.127. The molecule has 11 heteroatoms. The summed E-state index contributed by atoms with van der Waals surface area (Å²) in [5.74, 6) is -4.78. The number of amides is 1. The average molecular weight is 580 g/mol. The van der Waals surface area contributed by atoms with Crippen molar-refractivity contribution in [3.63, 3.8) is 0 Å². The van der Waals surface area contributed by atoms with E-state index in [1.807, 2.05) is 30.3 Å². The molecule has 5 rings (SSSR count). The van der Waals surface area contributed by atoms with Crippen LogP contribution in [-0.4, -0.2) is 54.0 Å². The molecule has 0 radical (unpaired) electrons. The van der Waals surface area contributed by atoms with Crippen molar-refractivity contribution in [2.45, 2.75) is 30.5 Å². The molecule has 2 aliphatic rings. The van der Waals surface area contributed by atoms with E-state index in [9.17, 15) is 23.6 Å². The van der Waals surface area contributed by atoms with E-state index >= 15 is 0 Å². The Hall–Kier alpha value is -3.91. The van der Waals surface area contributed by atoms with E-state index in [0.29, 0.717) is 24.5 Å². The maximum Gasteiger partial charge on any atom is 0.415 e. The van der Waals surface area contributed by atoms with Gasteiger partial charge in [0.15, 0.2) is 17.3 Å². The van der Waals surface area contributed by atoms with Crippen molar-refractivity contribution in [3.8, 4) is 11.8 Å². The number of hydrogen-bond donors (Lipinski definition) is 2. The molecule has 3 heterocycles. The molecule has 2 aromatic carbocycles. The summed E-state index contributed by atoms with van der Waals surface area (Å²) in [6.07, 6.45) is 1.08. The summed E-state index contributed by atoms with van der Waals surface area (Å²) in [5.41, 5.74) is 1.60. The fourth-order valence-electron chi connectivity index (χ4n) is 5.77. The van der Waals surface area contributed by atoms with Crippen LogP contribution in [-0.2, 0) is 4.79 Å². The maximum absolute atomic E-state index is 14.3. The van der Waals surface area contributed by atoms with Crippen LogP contribution in [0, 0.1) is 34.8 Å². The third kappa shape index (κ3) is 5.93. The Morgan fingerprint density at radius 3 is 2.56 bits per heavy atom. The molecule has 0 spiro atoms. The van der Waals surface area contributed by atoms with E-state index in [-0.39, 0.29) is 17.7 Å². The van der Waals surface area contributed by atoms with E-state index in [4.69, 9.17) is 16.3 Å². The monoisotopic (exact) mass is 579 g/mol. The minimum Gasteiger partial charge on any atom is -0.407 e. The maximum atomic E-state index is 14.3. The molecule has 0 saturated carbocycles. The predicted molar refractivity (Wildman–Crippen MR) is 147 cm³/mol. The van der Waals surface area contributed by atoms with Crippen LogP contribution in [0.2, 0.25) is 5.02 Å². The molecule has 1 amide bonds. The fraction of sp³-hybridized carbons (Fsp3) is 0.333. The summed E-state index contributed by atoms with van der Waals surface area (Å²) >= 11 is 6.10. The Balaban J connectivity index is 1.45. The Kier molecular flexibility index (Phi) is 8.59. The van der Waals surface area contributed by atoms with Crippen LogP contribution in [0.25, 0.3) is 0 Å². The predicted octanol–water partition coefficient (Wildman–Crippen LogP) is 4.63. The molecule has 8 nitrogen and oxygen atoms in total. The van der Waals surface area contributed by atoms with Gasteiger partial charge in [0.2, 0.25) is 5.82 Å². The average Bonchev–Trinajstić information content (AvgIpc) is 3.44. The number of piperidine rings is 1. The van der Waals surface area contributed by atoms with Gasteiger partial charge in [0.25, 0.3) is 0 Å². The molecule has 0 aliphatic carbocycles. The summed E-state index contributed by atoms with van der Waals surface area (Å²) in [6.45, 7) is 0.656. The van der Waals surface area contributed by atoms with Crippen LogP contribution in [0.4, 0.5) is 13.6 Å². The topological polar surface area (TPSA) is 107 Å². The first-order valence-corrected chi connectivity index (χ1v) is 13.6. The van der Waals surface area contributed by atoms with Crippen molar-refractivity contribution in [3.05, 3.63) is 94.8 Å². The first-order valence-electron chi connectivity index (χ1n) is 13.2. The zero-order valence-corrected chi connectivity index (χ0v) is 22.9. The number of likely N-dealkylation sites (N-methyl/N-ethyl adjacent to an activating group) is 1. The van der Waals surface area contributed by atoms with Gasteiger partial charge in [0.05, 0.1) is 35.8 Å². The lowest BCUT2D eigenvalue weighted by atomic mass is 9.76. The van der Waals surface area contributed by atoms with E-state index in [1.54, 1.807) is 18.3 Å². The van der Waals surface area contributed by atoms with Gasteiger partial charge in [-0.25, -0.2) is 9.18 Å². The Labute approximate surface area is 241 Å². The number of nitrogens with one attached hydrogen (secondary N) is 2. The molecule has 2 N–H and O–H groups in total. The summed E-state index contributed by atoms with van der Waals surface area (Å²) in [7, 11) is 1.46. The van der Waals surface area contributed by atoms with Crippen LogP contribution in [0.5, 0.6) is 5.75 Å². The van der Waals surface area contributed by atoms with Crippen LogP contribution in [0.1, 0.15) is 29.6 Å². The normalized spacial score (nSPS) is 25.7. The minimum atomic E-state index is -1.28. The highest BCUT2D eigenvalue weighted by atomic mass is 35.5. The molecular formula is C30H28ClF2N5O3. The highest BCUT2D eigenvalue weighted by Crippen LogP contribution is 2.37. The third-order valence-electron chi connectivity index (χ3n) is 7.90. The second kappa shape index (κ2) is 12.3. The largest absolute Gasteiger partial charge is 0.415 e. The molecule has 1 aromatic heterocycles. The number of nitrogens with zero attached hydrogens (tertiary/aromatic N) is 3. The van der Waals surface area contributed by atoms with E-state index < -0.39 is 47.4 Å². The molecule has 0 bridgehead atoms. The van der Waals surface area contributed by atoms with Gasteiger partial charge in [-0.1, -0.05) is 35.9 Å². The van der Waals surface area contributed by atoms with Crippen LogP contribution >= 0.6 is 11.6 Å². The molecule has 4 unspecified atom stereocenters. The van der Waals surface area contributed by atoms with Crippen LogP contribution in [0.3, 0.4) is 0 Å². The van der Waals surface area contributed by atoms with E-state index in [1.165, 1.54) is 18.0 Å². The number of Topliss-reactive ketones (excluding diaryl/α,β-unsaturated/α-hetero) is 1. The number of hydrogen-bond acceptors (Lipinski definition) is 7. The number of pyridine rings is 1. The van der Waals surface area contributed by atoms with Gasteiger partial charge in [0.1, 0.15) is 0 Å². The van der Waals surface area contributed by atoms with Crippen molar-refractivity contribution in [2.75, 3.05) is 20.1 Å². The van der Waals surface area contributed by atoms with E-state index in [0.717, 1.165) is 23.4 Å². The van der Waals surface area contributed by atoms with Crippen molar-refractivity contribution >= 4 is 23.5 Å². The third-order valence-corrected chi connectivity index (χ3v) is 8.15. The second-order valence-electron chi connectivity index (χ2n) is 10.3. The smallest absolute Gasteiger partial charge is 0.407 e. The van der Waals surface area contributed by atoms with Gasteiger partial charge in [-0.2, -0.15) is 9.65 Å². The quantitative estimate of drug-likeness (QED) is 0.438. The molecular weight excluding hydrogens is 552 g/mol. The number of aromatic nitrogens is 1. The number of rotatable bonds is 6. The SMILES string of the molecule is CN(C(=O)Oc1cccc(F)c1F)[C@@H]1C(C(=O)C2CC(c3ccccn3)NCC2C#N)NC[C@H]1c1ccc(Cl)cc1. The van der Waals surface area contributed by atoms with E-state index in [2.05, 4.69) is 21.7 Å². The van der Waals surface area contributed by atoms with Crippen molar-refractivity contribution in [1.82, 2.24) is 20.5 Å². The molecule has 212 valence electrons. The number of halogens is 3. The first kappa shape index (κ1) is 28.6. The molecule has 2 aliphatic heterocycles. The summed E-state index contributed by atoms with van der Waals surface area (Å²) in [6, 6.07) is 16.4. The highest BCUT2D eigenvalue weighted by molar-refractivity contribution is 6.30. The van der Waals surface area contributed by atoms with Gasteiger partial charge >= 0.3 is 6.09 Å². The number of carbonyl (C=O) groups is 2. The van der Waals surface area contributed by atoms with Gasteiger partial charge in [-0.05, 0) is 48.4 Å². The van der Waals surface area contributed by atoms with Crippen LogP contribution < -0.4 is 15.4 Å². The molecule has 2 fully saturated rings. The Bertz CT molecular complexity index is 1450. The van der Waals surface area contributed by atoms with Gasteiger partial charge in [-0.3, -0.25) is 9.78 Å². The zero-order chi connectivity index (χ0) is 29.1. The Morgan fingerprint density at radius 1 is 1.07 bits per heavy atom. The number of benzene rings is 2. The molecule has 41 heavy (non-hydrogen) atoms. The number of ether oxygens (including phenoxy) is 1. The minimum absolute atomic E-state index is 0.211. The number of carbonyl (C=O) groups excluding carboxylic acids is 2. The second-order valence-corrected chi connectivity index (χ2v) is 10.7. The summed E-state index contributed by atoms with van der Waals surface area (Å²) in [5, 5.41) is 17.0. The lowest BCUT2D eigenvalue weighted by Crippen LogP contribution is -2.55. The zero-order valence-electron chi connectivity index (χ0n) is 22.1. The fourth-order valence-corrected chi connectivity index (χ4v) is 5.89. The van der Waals surface area contributed by atoms with Gasteiger partial charge < -0.3 is 20.3 Å². The Morgan fingerprint density at radius 2 is 1.85 bits per heavy atom. The van der Waals surface area contributed by atoms with Crippen molar-refractivity contribution in [2.24, 2.45) is 11.8 Å². The first-order chi connectivity index (χ1) is 19.8. The highest BCUT2D eigenvalue weighted by Gasteiger charge is 2.49. The standard InChI is InChI=1S/C30H28ClF2N5O3/c1-38(30(40)41-25-7-4-5-22(32)26(25)33)28-21(17-8-10-19(31)11-9-17)16-37-27(28)29(39)20-13-24(36-15-18(20)14-34)23-6-2-3-12-35-23/h2-12,18,20-21,24,27-28,36-37H,13,15-16H2,1H3/t18?,20?,21-,24?,27?,28-/m0/s1. The van der Waals surface area contributed by atoms with Gasteiger partial charge in [0, 0.05) is 43.2 Å². The van der Waals surface area contributed by atoms with Crippen molar-refractivity contribution < 1.29 is 23.1 Å². The summed E-state index contributed by atoms with van der Waals surface area (Å²) in [4.78, 5) is 33.1. The van der Waals surface area contributed by atoms with Crippen LogP contribution in [0.15, 0.2) is 66.9 Å². The number of nitriles is 1. The molecule has 6 atom stereocenters. The molecule has 2 saturated heterocycles. The summed E-state index contributed by atoms with van der Waals surface area (Å²) < 4.78 is 33.3. The lowest BCUT2D eigenvalue weighted by Gasteiger charge is -2.37.